The third-order valence-corrected chi connectivity index (χ3v) is 3.20. The van der Waals surface area contributed by atoms with Gasteiger partial charge in [0.25, 0.3) is 0 Å². The van der Waals surface area contributed by atoms with E-state index in [1.54, 1.807) is 6.20 Å². The van der Waals surface area contributed by atoms with Gasteiger partial charge in [-0.05, 0) is 37.8 Å². The van der Waals surface area contributed by atoms with Crippen molar-refractivity contribution < 1.29 is 0 Å². The predicted molar refractivity (Wildman–Crippen MR) is 75.7 cm³/mol. The fourth-order valence-electron chi connectivity index (χ4n) is 1.97. The number of hydrogen-bond acceptors (Lipinski definition) is 5. The zero-order valence-corrected chi connectivity index (χ0v) is 11.1. The number of nitrogens with one attached hydrogen (secondary N) is 2. The molecule has 0 aliphatic heterocycles. The minimum Gasteiger partial charge on any atom is -0.350 e. The Kier molecular flexibility index (Phi) is 3.03. The van der Waals surface area contributed by atoms with Crippen LogP contribution in [0.3, 0.4) is 0 Å². The maximum atomic E-state index is 4.43. The molecule has 0 spiro atoms. The van der Waals surface area contributed by atoms with Gasteiger partial charge in [0.1, 0.15) is 0 Å². The van der Waals surface area contributed by atoms with Crippen molar-refractivity contribution >= 4 is 17.5 Å². The number of anilines is 3. The smallest absolute Gasteiger partial charge is 0.244 e. The highest BCUT2D eigenvalue weighted by molar-refractivity contribution is 5.64. The Morgan fingerprint density at radius 3 is 2.58 bits per heavy atom. The van der Waals surface area contributed by atoms with E-state index in [-0.39, 0.29) is 0 Å². The lowest BCUT2D eigenvalue weighted by Gasteiger charge is -2.12. The highest BCUT2D eigenvalue weighted by Crippen LogP contribution is 2.25. The maximum Gasteiger partial charge on any atom is 0.244 e. The van der Waals surface area contributed by atoms with Gasteiger partial charge >= 0.3 is 0 Å². The van der Waals surface area contributed by atoms with Crippen LogP contribution in [0.2, 0.25) is 0 Å². The Balaban J connectivity index is 1.82. The minimum absolute atomic E-state index is 0.525. The van der Waals surface area contributed by atoms with E-state index in [1.807, 2.05) is 6.07 Å². The summed E-state index contributed by atoms with van der Waals surface area (Å²) in [7, 11) is 0. The quantitative estimate of drug-likeness (QED) is 0.879. The number of aryl methyl sites for hydroxylation is 2. The number of nitrogens with zero attached hydrogens (tertiary/aromatic N) is 3. The van der Waals surface area contributed by atoms with Crippen LogP contribution in [0, 0.1) is 13.8 Å². The summed E-state index contributed by atoms with van der Waals surface area (Å²) < 4.78 is 0. The second-order valence-corrected chi connectivity index (χ2v) is 4.98. The molecule has 0 saturated heterocycles. The molecule has 0 radical (unpaired) electrons. The average Bonchev–Trinajstić information content (AvgIpc) is 3.18. The van der Waals surface area contributed by atoms with Gasteiger partial charge in [0, 0.05) is 11.7 Å². The molecule has 0 unspecified atom stereocenters. The summed E-state index contributed by atoms with van der Waals surface area (Å²) in [6.07, 6.45) is 4.03. The van der Waals surface area contributed by atoms with Crippen LogP contribution in [0.15, 0.2) is 24.4 Å². The van der Waals surface area contributed by atoms with Gasteiger partial charge in [-0.2, -0.15) is 10.1 Å². The van der Waals surface area contributed by atoms with Crippen molar-refractivity contribution in [2.75, 3.05) is 10.6 Å². The number of benzene rings is 1. The van der Waals surface area contributed by atoms with E-state index in [0.29, 0.717) is 12.0 Å². The van der Waals surface area contributed by atoms with Crippen molar-refractivity contribution in [1.82, 2.24) is 15.2 Å². The molecule has 0 atom stereocenters. The molecule has 0 bridgehead atoms. The first-order chi connectivity index (χ1) is 9.22. The maximum absolute atomic E-state index is 4.43. The van der Waals surface area contributed by atoms with Crippen molar-refractivity contribution in [2.45, 2.75) is 32.7 Å². The molecule has 1 aromatic heterocycles. The summed E-state index contributed by atoms with van der Waals surface area (Å²) >= 11 is 0. The lowest BCUT2D eigenvalue weighted by Crippen LogP contribution is -2.08. The summed E-state index contributed by atoms with van der Waals surface area (Å²) in [5, 5.41) is 14.5. The summed E-state index contributed by atoms with van der Waals surface area (Å²) in [5.74, 6) is 1.31. The molecule has 2 N–H and O–H groups in total. The molecule has 98 valence electrons. The van der Waals surface area contributed by atoms with E-state index in [4.69, 9.17) is 0 Å². The molecule has 1 aromatic carbocycles. The van der Waals surface area contributed by atoms with Crippen LogP contribution in [0.25, 0.3) is 0 Å². The lowest BCUT2D eigenvalue weighted by atomic mass is 10.1. The third kappa shape index (κ3) is 2.81. The van der Waals surface area contributed by atoms with E-state index in [9.17, 15) is 0 Å². The molecular weight excluding hydrogens is 238 g/mol. The average molecular weight is 255 g/mol. The van der Waals surface area contributed by atoms with E-state index in [0.717, 1.165) is 11.5 Å². The normalized spacial score (nSPS) is 14.2. The van der Waals surface area contributed by atoms with Crippen molar-refractivity contribution in [3.05, 3.63) is 35.5 Å². The second kappa shape index (κ2) is 4.84. The Morgan fingerprint density at radius 1 is 1.16 bits per heavy atom. The van der Waals surface area contributed by atoms with E-state index < -0.39 is 0 Å². The van der Waals surface area contributed by atoms with Crippen LogP contribution in [-0.2, 0) is 0 Å². The fraction of sp³-hybridized carbons (Fsp3) is 0.357. The molecule has 19 heavy (non-hydrogen) atoms. The molecule has 1 heterocycles. The Hall–Kier alpha value is -2.17. The SMILES string of the molecule is Cc1cccc(C)c1Nc1cnnc(NC2CC2)n1. The van der Waals surface area contributed by atoms with Gasteiger partial charge in [-0.1, -0.05) is 18.2 Å². The van der Waals surface area contributed by atoms with Crippen LogP contribution in [-0.4, -0.2) is 21.2 Å². The zero-order valence-electron chi connectivity index (χ0n) is 11.1. The van der Waals surface area contributed by atoms with Gasteiger partial charge in [0.2, 0.25) is 5.95 Å². The monoisotopic (exact) mass is 255 g/mol. The summed E-state index contributed by atoms with van der Waals surface area (Å²) in [6, 6.07) is 6.73. The van der Waals surface area contributed by atoms with Crippen molar-refractivity contribution in [3.8, 4) is 0 Å². The second-order valence-electron chi connectivity index (χ2n) is 4.98. The molecule has 3 rings (SSSR count). The summed E-state index contributed by atoms with van der Waals surface area (Å²) in [6.45, 7) is 4.15. The Bertz CT molecular complexity index is 572. The molecule has 1 saturated carbocycles. The van der Waals surface area contributed by atoms with Crippen LogP contribution in [0.4, 0.5) is 17.5 Å². The third-order valence-electron chi connectivity index (χ3n) is 3.20. The topological polar surface area (TPSA) is 62.7 Å². The van der Waals surface area contributed by atoms with Gasteiger partial charge < -0.3 is 10.6 Å². The molecular formula is C14H17N5. The zero-order chi connectivity index (χ0) is 13.2. The Morgan fingerprint density at radius 2 is 1.89 bits per heavy atom. The van der Waals surface area contributed by atoms with Gasteiger partial charge in [-0.25, -0.2) is 0 Å². The van der Waals surface area contributed by atoms with Crippen LogP contribution < -0.4 is 10.6 Å². The van der Waals surface area contributed by atoms with E-state index >= 15 is 0 Å². The first kappa shape index (κ1) is 11.9. The number of rotatable bonds is 4. The molecule has 1 aliphatic rings. The first-order valence-electron chi connectivity index (χ1n) is 6.52. The minimum atomic E-state index is 0.525. The van der Waals surface area contributed by atoms with Gasteiger partial charge in [-0.15, -0.1) is 5.10 Å². The van der Waals surface area contributed by atoms with Crippen LogP contribution in [0.5, 0.6) is 0 Å². The molecule has 5 heteroatoms. The van der Waals surface area contributed by atoms with Gasteiger partial charge in [-0.3, -0.25) is 0 Å². The summed E-state index contributed by atoms with van der Waals surface area (Å²) in [5.41, 5.74) is 3.46. The van der Waals surface area contributed by atoms with E-state index in [1.165, 1.54) is 24.0 Å². The number of para-hydroxylation sites is 1. The standard InChI is InChI=1S/C14H17N5/c1-9-4-3-5-10(2)13(9)17-12-8-15-19-14(18-12)16-11-6-7-11/h3-5,8,11H,6-7H2,1-2H3,(H2,16,17,18,19). The Labute approximate surface area is 112 Å². The van der Waals surface area contributed by atoms with Crippen molar-refractivity contribution in [2.24, 2.45) is 0 Å². The summed E-state index contributed by atoms with van der Waals surface area (Å²) in [4.78, 5) is 4.43. The molecule has 1 aliphatic carbocycles. The lowest BCUT2D eigenvalue weighted by molar-refractivity contribution is 0.947. The van der Waals surface area contributed by atoms with E-state index in [2.05, 4.69) is 51.8 Å². The molecule has 5 nitrogen and oxygen atoms in total. The van der Waals surface area contributed by atoms with Crippen molar-refractivity contribution in [3.63, 3.8) is 0 Å². The predicted octanol–water partition coefficient (Wildman–Crippen LogP) is 2.81. The molecule has 0 amide bonds. The molecule has 2 aromatic rings. The highest BCUT2D eigenvalue weighted by atomic mass is 15.3. The number of hydrogen-bond donors (Lipinski definition) is 2. The van der Waals surface area contributed by atoms with Gasteiger partial charge in [0.05, 0.1) is 6.20 Å². The van der Waals surface area contributed by atoms with Crippen LogP contribution in [0.1, 0.15) is 24.0 Å². The fourth-order valence-corrected chi connectivity index (χ4v) is 1.97. The van der Waals surface area contributed by atoms with Gasteiger partial charge in [0.15, 0.2) is 5.82 Å². The first-order valence-corrected chi connectivity index (χ1v) is 6.52. The van der Waals surface area contributed by atoms with Crippen LogP contribution >= 0.6 is 0 Å². The molecule has 1 fully saturated rings. The largest absolute Gasteiger partial charge is 0.350 e. The highest BCUT2D eigenvalue weighted by Gasteiger charge is 2.22. The number of aromatic nitrogens is 3. The van der Waals surface area contributed by atoms with Crippen molar-refractivity contribution in [1.29, 1.82) is 0 Å².